The van der Waals surface area contributed by atoms with Gasteiger partial charge in [0, 0.05) is 30.5 Å². The molecule has 1 aliphatic heterocycles. The molecule has 252 valence electrons. The number of hydrogen-bond acceptors (Lipinski definition) is 7. The van der Waals surface area contributed by atoms with Gasteiger partial charge in [-0.15, -0.1) is 0 Å². The lowest BCUT2D eigenvalue weighted by atomic mass is 9.87. The number of likely N-dealkylation sites (tertiary alicyclic amines) is 1. The van der Waals surface area contributed by atoms with Crippen molar-refractivity contribution < 1.29 is 47.2 Å². The summed E-state index contributed by atoms with van der Waals surface area (Å²) in [5, 5.41) is 0. The molecule has 3 aromatic carbocycles. The lowest BCUT2D eigenvalue weighted by molar-refractivity contribution is -0.0429. The van der Waals surface area contributed by atoms with Gasteiger partial charge >= 0.3 is 15.5 Å². The number of hydrogen-bond donors (Lipinski definition) is 2. The van der Waals surface area contributed by atoms with Crippen molar-refractivity contribution in [3.05, 3.63) is 89.5 Å². The zero-order chi connectivity index (χ0) is 33.9. The van der Waals surface area contributed by atoms with Crippen LogP contribution in [-0.2, 0) is 29.9 Å². The second-order valence-electron chi connectivity index (χ2n) is 11.1. The van der Waals surface area contributed by atoms with Crippen LogP contribution in [0.15, 0.2) is 76.5 Å². The third-order valence-corrected chi connectivity index (χ3v) is 11.4. The van der Waals surface area contributed by atoms with E-state index in [1.54, 1.807) is 12.1 Å². The van der Waals surface area contributed by atoms with Crippen LogP contribution >= 0.6 is 0 Å². The normalized spacial score (nSPS) is 16.3. The highest BCUT2D eigenvalue weighted by Gasteiger charge is 2.46. The van der Waals surface area contributed by atoms with Crippen LogP contribution in [0.4, 0.5) is 27.6 Å². The molecule has 0 saturated carbocycles. The molecule has 1 unspecified atom stereocenters. The molecule has 0 spiro atoms. The van der Waals surface area contributed by atoms with Crippen molar-refractivity contribution in [3.8, 4) is 0 Å². The molecule has 1 saturated heterocycles. The average Bonchev–Trinajstić information content (AvgIpc) is 2.96. The first kappa shape index (κ1) is 35.7. The maximum Gasteiger partial charge on any atom is 0.516 e. The van der Waals surface area contributed by atoms with E-state index in [0.717, 1.165) is 36.6 Å². The summed E-state index contributed by atoms with van der Waals surface area (Å²) in [6.07, 6.45) is 2.85. The van der Waals surface area contributed by atoms with Crippen molar-refractivity contribution in [3.63, 3.8) is 0 Å². The highest BCUT2D eigenvalue weighted by atomic mass is 32.2. The average molecular weight is 710 g/mol. The van der Waals surface area contributed by atoms with Gasteiger partial charge < -0.3 is 4.90 Å². The van der Waals surface area contributed by atoms with Gasteiger partial charge in [0.1, 0.15) is 11.6 Å². The third-order valence-electron chi connectivity index (χ3n) is 7.72. The fourth-order valence-electron chi connectivity index (χ4n) is 5.20. The van der Waals surface area contributed by atoms with Crippen LogP contribution in [0.5, 0.6) is 0 Å². The standard InChI is InChI=1S/C29H32F5N3O6S3/c1-44(38,39)26-6-2-21(3-7-26)28(22-16-23(30)18-24(31)17-22)12-15-37-13-10-20(11-14-37)19-35-45(40,41)27-8-4-25(5-9-27)36-46(42,43)29(32,33)34/h2-9,16-18,20,28,35-36H,10-15,19H2,1H3. The number of halogens is 5. The Labute approximate surface area is 264 Å². The number of benzene rings is 3. The number of nitrogens with zero attached hydrogens (tertiary/aromatic N) is 1. The molecule has 2 N–H and O–H groups in total. The van der Waals surface area contributed by atoms with E-state index in [-0.39, 0.29) is 22.3 Å². The number of alkyl halides is 3. The molecule has 4 rings (SSSR count). The Morgan fingerprint density at radius 3 is 1.87 bits per heavy atom. The van der Waals surface area contributed by atoms with Gasteiger partial charge in [-0.2, -0.15) is 21.6 Å². The van der Waals surface area contributed by atoms with E-state index in [0.29, 0.717) is 50.0 Å². The van der Waals surface area contributed by atoms with Crippen LogP contribution in [0.1, 0.15) is 36.3 Å². The Balaban J connectivity index is 1.33. The zero-order valence-corrected chi connectivity index (χ0v) is 26.9. The lowest BCUT2D eigenvalue weighted by Gasteiger charge is -2.33. The first-order valence-electron chi connectivity index (χ1n) is 14.0. The molecule has 0 radical (unpaired) electrons. The first-order chi connectivity index (χ1) is 21.3. The molecule has 3 aromatic rings. The summed E-state index contributed by atoms with van der Waals surface area (Å²) in [5.41, 5.74) is -4.85. The SMILES string of the molecule is CS(=O)(=O)c1ccc(C(CCN2CCC(CNS(=O)(=O)c3ccc(NS(=O)(=O)C(F)(F)F)cc3)CC2)c2cc(F)cc(F)c2)cc1. The molecule has 1 fully saturated rings. The molecule has 9 nitrogen and oxygen atoms in total. The Hall–Kier alpha value is -3.12. The Kier molecular flexibility index (Phi) is 10.8. The molecule has 1 heterocycles. The second-order valence-corrected chi connectivity index (χ2v) is 16.6. The topological polar surface area (TPSA) is 130 Å². The van der Waals surface area contributed by atoms with E-state index < -0.39 is 58.6 Å². The van der Waals surface area contributed by atoms with Crippen LogP contribution in [0.2, 0.25) is 0 Å². The number of piperidine rings is 1. The van der Waals surface area contributed by atoms with Crippen LogP contribution in [0.3, 0.4) is 0 Å². The molecule has 46 heavy (non-hydrogen) atoms. The fraction of sp³-hybridized carbons (Fsp3) is 0.379. The first-order valence-corrected chi connectivity index (χ1v) is 18.9. The van der Waals surface area contributed by atoms with Crippen molar-refractivity contribution in [2.24, 2.45) is 5.92 Å². The molecule has 1 atom stereocenters. The largest absolute Gasteiger partial charge is 0.516 e. The number of anilines is 1. The predicted molar refractivity (Wildman–Crippen MR) is 162 cm³/mol. The van der Waals surface area contributed by atoms with Gasteiger partial charge in [0.2, 0.25) is 10.0 Å². The predicted octanol–water partition coefficient (Wildman–Crippen LogP) is 4.84. The van der Waals surface area contributed by atoms with Gasteiger partial charge in [-0.1, -0.05) is 12.1 Å². The van der Waals surface area contributed by atoms with E-state index in [1.807, 2.05) is 0 Å². The summed E-state index contributed by atoms with van der Waals surface area (Å²) in [4.78, 5) is 2.03. The van der Waals surface area contributed by atoms with Crippen LogP contribution in [-0.4, -0.2) is 68.1 Å². The Bertz CT molecular complexity index is 1830. The molecule has 1 aliphatic rings. The van der Waals surface area contributed by atoms with Crippen LogP contribution in [0.25, 0.3) is 0 Å². The Morgan fingerprint density at radius 2 is 1.35 bits per heavy atom. The van der Waals surface area contributed by atoms with E-state index in [2.05, 4.69) is 9.62 Å². The van der Waals surface area contributed by atoms with Gasteiger partial charge in [-0.25, -0.2) is 30.3 Å². The maximum atomic E-state index is 14.1. The van der Waals surface area contributed by atoms with Gasteiger partial charge in [0.25, 0.3) is 0 Å². The van der Waals surface area contributed by atoms with Gasteiger partial charge in [0.05, 0.1) is 9.79 Å². The van der Waals surface area contributed by atoms with E-state index >= 15 is 0 Å². The lowest BCUT2D eigenvalue weighted by Crippen LogP contribution is -2.39. The minimum Gasteiger partial charge on any atom is -0.303 e. The van der Waals surface area contributed by atoms with Crippen molar-refractivity contribution >= 4 is 35.6 Å². The van der Waals surface area contributed by atoms with Crippen LogP contribution < -0.4 is 9.44 Å². The smallest absolute Gasteiger partial charge is 0.303 e. The minimum absolute atomic E-state index is 0.0134. The molecule has 17 heteroatoms. The second kappa shape index (κ2) is 13.9. The number of sulfonamides is 2. The van der Waals surface area contributed by atoms with E-state index in [9.17, 15) is 47.2 Å². The highest BCUT2D eigenvalue weighted by Crippen LogP contribution is 2.31. The zero-order valence-electron chi connectivity index (χ0n) is 24.5. The van der Waals surface area contributed by atoms with E-state index in [4.69, 9.17) is 0 Å². The van der Waals surface area contributed by atoms with Gasteiger partial charge in [-0.3, -0.25) is 4.72 Å². The molecule has 0 bridgehead atoms. The molecule has 0 amide bonds. The molecular formula is C29H32F5N3O6S3. The number of rotatable bonds is 12. The summed E-state index contributed by atoms with van der Waals surface area (Å²) >= 11 is 0. The highest BCUT2D eigenvalue weighted by molar-refractivity contribution is 7.93. The molecule has 0 aliphatic carbocycles. The quantitative estimate of drug-likeness (QED) is 0.258. The Morgan fingerprint density at radius 1 is 0.804 bits per heavy atom. The van der Waals surface area contributed by atoms with Crippen LogP contribution in [0, 0.1) is 17.6 Å². The van der Waals surface area contributed by atoms with E-state index in [1.165, 1.54) is 29.0 Å². The summed E-state index contributed by atoms with van der Waals surface area (Å²) in [6, 6.07) is 13.3. The number of nitrogens with one attached hydrogen (secondary N) is 2. The van der Waals surface area contributed by atoms with Crippen molar-refractivity contribution in [2.75, 3.05) is 37.2 Å². The molecule has 0 aromatic heterocycles. The molecular weight excluding hydrogens is 678 g/mol. The summed E-state index contributed by atoms with van der Waals surface area (Å²) in [5.74, 6) is -1.88. The summed E-state index contributed by atoms with van der Waals surface area (Å²) in [6.45, 7) is 1.91. The van der Waals surface area contributed by atoms with Gasteiger partial charge in [0.15, 0.2) is 9.84 Å². The number of sulfone groups is 1. The van der Waals surface area contributed by atoms with Crippen molar-refractivity contribution in [1.29, 1.82) is 0 Å². The van der Waals surface area contributed by atoms with Gasteiger partial charge in [-0.05, 0) is 104 Å². The van der Waals surface area contributed by atoms with Crippen molar-refractivity contribution in [1.82, 2.24) is 9.62 Å². The monoisotopic (exact) mass is 709 g/mol. The summed E-state index contributed by atoms with van der Waals surface area (Å²) < 4.78 is 142. The minimum atomic E-state index is -5.65. The fourth-order valence-corrected chi connectivity index (χ4v) is 7.51. The van der Waals surface area contributed by atoms with Crippen molar-refractivity contribution in [2.45, 2.75) is 40.5 Å². The third kappa shape index (κ3) is 9.24. The maximum absolute atomic E-state index is 14.1. The summed E-state index contributed by atoms with van der Waals surface area (Å²) in [7, 11) is -13.1.